The quantitative estimate of drug-likeness (QED) is 0.224. The van der Waals surface area contributed by atoms with Crippen molar-refractivity contribution in [1.82, 2.24) is 0 Å². The van der Waals surface area contributed by atoms with E-state index in [4.69, 9.17) is 6.85 Å². The van der Waals surface area contributed by atoms with Gasteiger partial charge in [0, 0.05) is 4.47 Å². The molecule has 6 aromatic carbocycles. The summed E-state index contributed by atoms with van der Waals surface area (Å²) >= 11 is 3.81. The molecule has 0 N–H and O–H groups in total. The number of hydrogen-bond donors (Lipinski definition) is 0. The van der Waals surface area contributed by atoms with Crippen molar-refractivity contribution < 1.29 is 6.85 Å². The van der Waals surface area contributed by atoms with Crippen molar-refractivity contribution in [2.24, 2.45) is 0 Å². The van der Waals surface area contributed by atoms with Crippen LogP contribution in [0, 0.1) is 0 Å². The second-order valence-electron chi connectivity index (χ2n) is 7.56. The van der Waals surface area contributed by atoms with Gasteiger partial charge in [0.2, 0.25) is 0 Å². The molecule has 1 heteroatoms. The van der Waals surface area contributed by atoms with Gasteiger partial charge < -0.3 is 0 Å². The first-order valence-electron chi connectivity index (χ1n) is 12.6. The molecule has 0 radical (unpaired) electrons. The highest BCUT2D eigenvalue weighted by molar-refractivity contribution is 9.10. The van der Waals surface area contributed by atoms with Crippen LogP contribution in [0.2, 0.25) is 0 Å². The maximum Gasteiger partial charge on any atom is 0.0629 e. The zero-order valence-corrected chi connectivity index (χ0v) is 18.0. The van der Waals surface area contributed by atoms with Crippen molar-refractivity contribution in [3.63, 3.8) is 0 Å². The molecular weight excluding hydrogens is 440 g/mol. The first-order valence-corrected chi connectivity index (χ1v) is 10.9. The number of hydrogen-bond acceptors (Lipinski definition) is 0. The lowest BCUT2D eigenvalue weighted by molar-refractivity contribution is 1.64. The van der Waals surface area contributed by atoms with E-state index in [-0.39, 0.29) is 35.8 Å². The molecule has 0 aliphatic heterocycles. The van der Waals surface area contributed by atoms with Gasteiger partial charge in [-0.15, -0.1) is 0 Å². The second kappa shape index (κ2) is 7.37. The van der Waals surface area contributed by atoms with E-state index in [1.807, 2.05) is 42.5 Å². The molecule has 0 nitrogen and oxygen atoms in total. The van der Waals surface area contributed by atoms with E-state index in [1.54, 1.807) is 0 Å². The van der Waals surface area contributed by atoms with Crippen molar-refractivity contribution in [3.8, 4) is 22.3 Å². The predicted molar refractivity (Wildman–Crippen MR) is 138 cm³/mol. The lowest BCUT2D eigenvalue weighted by atomic mass is 9.89. The molecule has 6 aromatic rings. The molecule has 0 heterocycles. The third kappa shape index (κ3) is 3.05. The fraction of sp³-hybridized carbons (Fsp3) is 0. The van der Waals surface area contributed by atoms with Crippen LogP contribution in [0.1, 0.15) is 6.85 Å². The molecular formula is C30H19Br. The van der Waals surface area contributed by atoms with Crippen LogP contribution in [0.25, 0.3) is 54.6 Å². The summed E-state index contributed by atoms with van der Waals surface area (Å²) in [5.74, 6) is 0. The molecule has 31 heavy (non-hydrogen) atoms. The minimum atomic E-state index is -0.389. The van der Waals surface area contributed by atoms with E-state index in [0.29, 0.717) is 5.56 Å². The molecule has 0 aliphatic rings. The highest BCUT2D eigenvalue weighted by atomic mass is 79.9. The highest BCUT2D eigenvalue weighted by Gasteiger charge is 2.15. The van der Waals surface area contributed by atoms with Crippen LogP contribution in [-0.2, 0) is 0 Å². The van der Waals surface area contributed by atoms with Crippen molar-refractivity contribution >= 4 is 48.2 Å². The first-order chi connectivity index (χ1) is 17.4. The number of halogens is 1. The van der Waals surface area contributed by atoms with Gasteiger partial charge in [0.25, 0.3) is 0 Å². The molecule has 0 saturated carbocycles. The summed E-state index contributed by atoms with van der Waals surface area (Å²) in [5, 5.41) is 6.39. The van der Waals surface area contributed by atoms with Crippen molar-refractivity contribution in [2.45, 2.75) is 0 Å². The van der Waals surface area contributed by atoms with E-state index < -0.39 is 0 Å². The standard InChI is InChI=1S/C30H19Br/c31-30-26-13-7-6-12-25(26)29(24-15-14-21-10-4-5-11-22(21)18-24)28-19-23(16-17-27(28)30)20-8-2-1-3-9-20/h1-19H/i1D,2D,3D,8D,9D. The molecule has 0 fully saturated rings. The van der Waals surface area contributed by atoms with E-state index in [2.05, 4.69) is 58.4 Å². The summed E-state index contributed by atoms with van der Waals surface area (Å²) < 4.78 is 42.1. The minimum absolute atomic E-state index is 0.201. The lowest BCUT2D eigenvalue weighted by Crippen LogP contribution is -1.89. The fourth-order valence-corrected chi connectivity index (χ4v) is 5.02. The van der Waals surface area contributed by atoms with Crippen LogP contribution < -0.4 is 0 Å². The smallest absolute Gasteiger partial charge is 0.0622 e. The van der Waals surface area contributed by atoms with Gasteiger partial charge in [-0.2, -0.15) is 0 Å². The van der Waals surface area contributed by atoms with Crippen LogP contribution in [0.3, 0.4) is 0 Å². The van der Waals surface area contributed by atoms with Gasteiger partial charge >= 0.3 is 0 Å². The topological polar surface area (TPSA) is 0 Å². The SMILES string of the molecule is [2H]c1c([2H])c([2H])c(-c2ccc3c(Br)c4ccccc4c(-c4ccc5ccccc5c4)c3c2)c([2H])c1[2H]. The number of rotatable bonds is 2. The summed E-state index contributed by atoms with van der Waals surface area (Å²) in [6, 6.07) is 27.2. The summed E-state index contributed by atoms with van der Waals surface area (Å²) in [4.78, 5) is 0. The van der Waals surface area contributed by atoms with Crippen molar-refractivity contribution in [2.75, 3.05) is 0 Å². The molecule has 6 rings (SSSR count). The van der Waals surface area contributed by atoms with Crippen LogP contribution in [0.5, 0.6) is 0 Å². The van der Waals surface area contributed by atoms with Gasteiger partial charge in [-0.3, -0.25) is 0 Å². The van der Waals surface area contributed by atoms with Gasteiger partial charge in [0.05, 0.1) is 6.85 Å². The lowest BCUT2D eigenvalue weighted by Gasteiger charge is -2.16. The van der Waals surface area contributed by atoms with E-state index in [0.717, 1.165) is 47.9 Å². The number of benzene rings is 6. The third-order valence-electron chi connectivity index (χ3n) is 5.79. The summed E-state index contributed by atoms with van der Waals surface area (Å²) in [7, 11) is 0. The van der Waals surface area contributed by atoms with Gasteiger partial charge in [0.1, 0.15) is 0 Å². The Morgan fingerprint density at radius 2 is 1.19 bits per heavy atom. The van der Waals surface area contributed by atoms with Crippen molar-refractivity contribution in [3.05, 3.63) is 120 Å². The molecule has 0 amide bonds. The van der Waals surface area contributed by atoms with E-state index in [1.165, 1.54) is 0 Å². The fourth-order valence-electron chi connectivity index (χ4n) is 4.33. The highest BCUT2D eigenvalue weighted by Crippen LogP contribution is 2.43. The van der Waals surface area contributed by atoms with Crippen LogP contribution in [0.15, 0.2) is 120 Å². The molecule has 0 saturated heterocycles. The Hall–Kier alpha value is -3.42. The Balaban J connectivity index is 1.74. The molecule has 0 aliphatic carbocycles. The minimum Gasteiger partial charge on any atom is -0.0622 e. The Bertz CT molecular complexity index is 1830. The average molecular weight is 464 g/mol. The average Bonchev–Trinajstić information content (AvgIpc) is 2.91. The maximum absolute atomic E-state index is 8.48. The zero-order valence-electron chi connectivity index (χ0n) is 21.5. The number of fused-ring (bicyclic) bond motifs is 3. The Morgan fingerprint density at radius 3 is 2.03 bits per heavy atom. The monoisotopic (exact) mass is 463 g/mol. The molecule has 146 valence electrons. The van der Waals surface area contributed by atoms with Crippen LogP contribution in [-0.4, -0.2) is 0 Å². The molecule has 0 unspecified atom stereocenters. The summed E-state index contributed by atoms with van der Waals surface area (Å²) in [6.07, 6.45) is 0. The normalized spacial score (nSPS) is 13.6. The van der Waals surface area contributed by atoms with E-state index >= 15 is 0 Å². The zero-order chi connectivity index (χ0) is 25.1. The van der Waals surface area contributed by atoms with E-state index in [9.17, 15) is 0 Å². The Morgan fingerprint density at radius 1 is 0.516 bits per heavy atom. The van der Waals surface area contributed by atoms with Crippen LogP contribution in [0.4, 0.5) is 0 Å². The summed E-state index contributed by atoms with van der Waals surface area (Å²) in [6.45, 7) is 0. The molecule has 0 atom stereocenters. The maximum atomic E-state index is 8.48. The Kier molecular flexibility index (Phi) is 3.28. The first kappa shape index (κ1) is 13.8. The molecule has 0 bridgehead atoms. The van der Waals surface area contributed by atoms with Gasteiger partial charge in [-0.25, -0.2) is 0 Å². The second-order valence-corrected chi connectivity index (χ2v) is 8.35. The third-order valence-corrected chi connectivity index (χ3v) is 6.64. The Labute approximate surface area is 196 Å². The largest absolute Gasteiger partial charge is 0.0629 e. The van der Waals surface area contributed by atoms with Gasteiger partial charge in [-0.05, 0) is 82.6 Å². The van der Waals surface area contributed by atoms with Crippen molar-refractivity contribution in [1.29, 1.82) is 0 Å². The molecule has 0 aromatic heterocycles. The van der Waals surface area contributed by atoms with Gasteiger partial charge in [0.15, 0.2) is 0 Å². The summed E-state index contributed by atoms with van der Waals surface area (Å²) in [5.41, 5.74) is 2.89. The van der Waals surface area contributed by atoms with Gasteiger partial charge in [-0.1, -0.05) is 103 Å². The molecule has 0 spiro atoms. The predicted octanol–water partition coefficient (Wildman–Crippen LogP) is 9.24. The van der Waals surface area contributed by atoms with Crippen LogP contribution >= 0.6 is 15.9 Å².